The highest BCUT2D eigenvalue weighted by Gasteiger charge is 2.39. The van der Waals surface area contributed by atoms with E-state index in [4.69, 9.17) is 5.14 Å². The van der Waals surface area contributed by atoms with Crippen molar-refractivity contribution < 1.29 is 12.8 Å². The van der Waals surface area contributed by atoms with E-state index in [0.29, 0.717) is 6.42 Å². The van der Waals surface area contributed by atoms with Gasteiger partial charge in [-0.15, -0.1) is 0 Å². The summed E-state index contributed by atoms with van der Waals surface area (Å²) in [5.74, 6) is -0.111. The Hall–Kier alpha value is -0.160. The topological polar surface area (TPSA) is 60.2 Å². The molecule has 0 amide bonds. The van der Waals surface area contributed by atoms with Gasteiger partial charge >= 0.3 is 0 Å². The summed E-state index contributed by atoms with van der Waals surface area (Å²) < 4.78 is 32.6. The van der Waals surface area contributed by atoms with Gasteiger partial charge < -0.3 is 0 Å². The SMILES string of the molecule is NS(=O)(=O)C[C@@H]1C[C@H]1CF. The maximum absolute atomic E-state index is 11.8. The average molecular weight is 167 g/mol. The van der Waals surface area contributed by atoms with Crippen molar-refractivity contribution in [2.24, 2.45) is 17.0 Å². The van der Waals surface area contributed by atoms with Gasteiger partial charge in [0, 0.05) is 0 Å². The van der Waals surface area contributed by atoms with Crippen LogP contribution in [0.4, 0.5) is 4.39 Å². The summed E-state index contributed by atoms with van der Waals surface area (Å²) in [5.41, 5.74) is 0. The fourth-order valence-electron chi connectivity index (χ4n) is 1.00. The predicted molar refractivity (Wildman–Crippen MR) is 35.5 cm³/mol. The molecule has 0 aromatic carbocycles. The van der Waals surface area contributed by atoms with Crippen LogP contribution < -0.4 is 5.14 Å². The first kappa shape index (κ1) is 7.94. The van der Waals surface area contributed by atoms with Gasteiger partial charge in [0.05, 0.1) is 12.4 Å². The summed E-state index contributed by atoms with van der Waals surface area (Å²) in [5, 5.41) is 4.74. The lowest BCUT2D eigenvalue weighted by atomic mass is 10.4. The lowest BCUT2D eigenvalue weighted by Gasteiger charge is -1.92. The Labute approximate surface area is 59.5 Å². The zero-order valence-corrected chi connectivity index (χ0v) is 6.27. The van der Waals surface area contributed by atoms with Crippen LogP contribution in [-0.4, -0.2) is 20.8 Å². The third-order valence-corrected chi connectivity index (χ3v) is 2.61. The van der Waals surface area contributed by atoms with Crippen molar-refractivity contribution in [3.63, 3.8) is 0 Å². The molecule has 1 rings (SSSR count). The van der Waals surface area contributed by atoms with E-state index in [0.717, 1.165) is 0 Å². The van der Waals surface area contributed by atoms with Gasteiger partial charge in [0.25, 0.3) is 0 Å². The minimum Gasteiger partial charge on any atom is -0.251 e. The van der Waals surface area contributed by atoms with E-state index < -0.39 is 16.7 Å². The lowest BCUT2D eigenvalue weighted by Crippen LogP contribution is -2.18. The Kier molecular flexibility index (Phi) is 1.96. The number of primary sulfonamides is 1. The summed E-state index contributed by atoms with van der Waals surface area (Å²) in [7, 11) is -3.37. The number of hydrogen-bond donors (Lipinski definition) is 1. The molecule has 60 valence electrons. The van der Waals surface area contributed by atoms with Gasteiger partial charge in [0.2, 0.25) is 10.0 Å². The molecule has 0 aliphatic heterocycles. The van der Waals surface area contributed by atoms with Crippen LogP contribution in [0.1, 0.15) is 6.42 Å². The van der Waals surface area contributed by atoms with Crippen molar-refractivity contribution in [1.29, 1.82) is 0 Å². The molecule has 0 aromatic rings. The molecule has 1 aliphatic carbocycles. The van der Waals surface area contributed by atoms with Gasteiger partial charge in [-0.1, -0.05) is 0 Å². The fourth-order valence-corrected chi connectivity index (χ4v) is 2.01. The van der Waals surface area contributed by atoms with E-state index >= 15 is 0 Å². The normalized spacial score (nSPS) is 32.2. The standard InChI is InChI=1S/C5H10FNO2S/c6-2-4-1-5(4)3-10(7,8)9/h4-5H,1-3H2,(H2,7,8,9)/t4-,5-/m0/s1. The zero-order valence-electron chi connectivity index (χ0n) is 5.46. The van der Waals surface area contributed by atoms with E-state index in [2.05, 4.69) is 0 Å². The van der Waals surface area contributed by atoms with Crippen LogP contribution in [-0.2, 0) is 10.0 Å². The van der Waals surface area contributed by atoms with Crippen LogP contribution in [0.25, 0.3) is 0 Å². The number of alkyl halides is 1. The molecule has 0 spiro atoms. The molecule has 3 nitrogen and oxygen atoms in total. The summed E-state index contributed by atoms with van der Waals surface area (Å²) in [4.78, 5) is 0. The van der Waals surface area contributed by atoms with Crippen LogP contribution in [0.5, 0.6) is 0 Å². The summed E-state index contributed by atoms with van der Waals surface area (Å²) in [6, 6.07) is 0. The minimum atomic E-state index is -3.37. The molecule has 10 heavy (non-hydrogen) atoms. The summed E-state index contributed by atoms with van der Waals surface area (Å²) in [6.07, 6.45) is 0.674. The Morgan fingerprint density at radius 1 is 1.50 bits per heavy atom. The minimum absolute atomic E-state index is 0.0139. The molecule has 5 heteroatoms. The summed E-state index contributed by atoms with van der Waals surface area (Å²) in [6.45, 7) is -0.416. The molecule has 1 aliphatic rings. The van der Waals surface area contributed by atoms with Gasteiger partial charge in [0.15, 0.2) is 0 Å². The molecular formula is C5H10FNO2S. The van der Waals surface area contributed by atoms with Gasteiger partial charge in [-0.25, -0.2) is 13.6 Å². The van der Waals surface area contributed by atoms with Crippen molar-refractivity contribution >= 4 is 10.0 Å². The van der Waals surface area contributed by atoms with E-state index in [1.54, 1.807) is 0 Å². The number of rotatable bonds is 3. The van der Waals surface area contributed by atoms with E-state index in [1.807, 2.05) is 0 Å². The maximum atomic E-state index is 11.8. The highest BCUT2D eigenvalue weighted by Crippen LogP contribution is 2.39. The third kappa shape index (κ3) is 2.22. The quantitative estimate of drug-likeness (QED) is 0.637. The molecule has 0 radical (unpaired) electrons. The highest BCUT2D eigenvalue weighted by molar-refractivity contribution is 7.89. The maximum Gasteiger partial charge on any atom is 0.209 e. The first-order valence-corrected chi connectivity index (χ1v) is 4.81. The Morgan fingerprint density at radius 2 is 2.10 bits per heavy atom. The second-order valence-corrected chi connectivity index (χ2v) is 4.40. The molecule has 1 saturated carbocycles. The first-order valence-electron chi connectivity index (χ1n) is 3.09. The first-order chi connectivity index (χ1) is 4.53. The Bertz CT molecular complexity index is 214. The number of hydrogen-bond acceptors (Lipinski definition) is 2. The van der Waals surface area contributed by atoms with Crippen molar-refractivity contribution in [3.05, 3.63) is 0 Å². The highest BCUT2D eigenvalue weighted by atomic mass is 32.2. The molecule has 1 fully saturated rings. The van der Waals surface area contributed by atoms with Crippen LogP contribution in [0.3, 0.4) is 0 Å². The van der Waals surface area contributed by atoms with Gasteiger partial charge in [0.1, 0.15) is 0 Å². The van der Waals surface area contributed by atoms with E-state index in [-0.39, 0.29) is 17.6 Å². The monoisotopic (exact) mass is 167 g/mol. The third-order valence-electron chi connectivity index (χ3n) is 1.71. The van der Waals surface area contributed by atoms with Crippen LogP contribution in [0, 0.1) is 11.8 Å². The molecule has 0 saturated heterocycles. The fraction of sp³-hybridized carbons (Fsp3) is 1.00. The molecule has 2 N–H and O–H groups in total. The van der Waals surface area contributed by atoms with Crippen molar-refractivity contribution in [1.82, 2.24) is 0 Å². The van der Waals surface area contributed by atoms with Crippen molar-refractivity contribution in [3.8, 4) is 0 Å². The van der Waals surface area contributed by atoms with Crippen LogP contribution in [0.2, 0.25) is 0 Å². The summed E-state index contributed by atoms with van der Waals surface area (Å²) >= 11 is 0. The van der Waals surface area contributed by atoms with Gasteiger partial charge in [-0.3, -0.25) is 4.39 Å². The Morgan fingerprint density at radius 3 is 2.40 bits per heavy atom. The molecule has 0 heterocycles. The smallest absolute Gasteiger partial charge is 0.209 e. The molecule has 0 unspecified atom stereocenters. The number of nitrogens with two attached hydrogens (primary N) is 1. The van der Waals surface area contributed by atoms with Crippen molar-refractivity contribution in [2.45, 2.75) is 6.42 Å². The second-order valence-electron chi connectivity index (χ2n) is 2.74. The van der Waals surface area contributed by atoms with Gasteiger partial charge in [-0.2, -0.15) is 0 Å². The second kappa shape index (κ2) is 2.47. The van der Waals surface area contributed by atoms with Crippen molar-refractivity contribution in [2.75, 3.05) is 12.4 Å². The van der Waals surface area contributed by atoms with Crippen LogP contribution in [0.15, 0.2) is 0 Å². The van der Waals surface area contributed by atoms with E-state index in [1.165, 1.54) is 0 Å². The molecule has 0 bridgehead atoms. The Balaban J connectivity index is 2.31. The number of sulfonamides is 1. The molecule has 0 aromatic heterocycles. The molecular weight excluding hydrogens is 157 g/mol. The lowest BCUT2D eigenvalue weighted by molar-refractivity contribution is 0.444. The van der Waals surface area contributed by atoms with Gasteiger partial charge in [-0.05, 0) is 18.3 Å². The largest absolute Gasteiger partial charge is 0.251 e. The average Bonchev–Trinajstić information content (AvgIpc) is 2.42. The predicted octanol–water partition coefficient (Wildman–Crippen LogP) is -0.119. The number of halogens is 1. The molecule has 2 atom stereocenters. The zero-order chi connectivity index (χ0) is 7.78. The van der Waals surface area contributed by atoms with Crippen LogP contribution >= 0.6 is 0 Å². The van der Waals surface area contributed by atoms with E-state index in [9.17, 15) is 12.8 Å².